The summed E-state index contributed by atoms with van der Waals surface area (Å²) in [6.07, 6.45) is 2.82. The summed E-state index contributed by atoms with van der Waals surface area (Å²) in [6, 6.07) is 4.98. The van der Waals surface area contributed by atoms with Crippen molar-refractivity contribution >= 4 is 38.4 Å². The number of benzene rings is 1. The van der Waals surface area contributed by atoms with Crippen LogP contribution in [0.2, 0.25) is 0 Å². The third-order valence-corrected chi connectivity index (χ3v) is 5.90. The van der Waals surface area contributed by atoms with E-state index in [1.165, 1.54) is 7.11 Å². The van der Waals surface area contributed by atoms with Gasteiger partial charge in [0.1, 0.15) is 10.6 Å². The summed E-state index contributed by atoms with van der Waals surface area (Å²) < 4.78 is 33.9. The van der Waals surface area contributed by atoms with Gasteiger partial charge in [-0.2, -0.15) is 0 Å². The molecule has 1 aliphatic heterocycles. The van der Waals surface area contributed by atoms with E-state index in [0.29, 0.717) is 10.2 Å². The zero-order valence-corrected chi connectivity index (χ0v) is 16.6. The summed E-state index contributed by atoms with van der Waals surface area (Å²) in [7, 11) is -2.10. The molecule has 0 bridgehead atoms. The van der Waals surface area contributed by atoms with Crippen LogP contribution in [0.25, 0.3) is 0 Å². The van der Waals surface area contributed by atoms with Crippen molar-refractivity contribution in [1.82, 2.24) is 9.62 Å². The number of sulfonamides is 1. The second-order valence-corrected chi connectivity index (χ2v) is 8.13. The molecular weight excluding hydrogens is 404 g/mol. The molecule has 1 aliphatic rings. The predicted octanol–water partition coefficient (Wildman–Crippen LogP) is 3.03. The van der Waals surface area contributed by atoms with E-state index in [0.717, 1.165) is 38.9 Å². The molecule has 0 atom stereocenters. The zero-order chi connectivity index (χ0) is 16.2. The lowest BCUT2D eigenvalue weighted by molar-refractivity contribution is 0.208. The number of nitrogens with zero attached hydrogens (tertiary/aromatic N) is 1. The number of ether oxygens (including phenoxy) is 1. The van der Waals surface area contributed by atoms with Crippen molar-refractivity contribution in [3.05, 3.63) is 22.7 Å². The highest BCUT2D eigenvalue weighted by atomic mass is 79.9. The van der Waals surface area contributed by atoms with Crippen molar-refractivity contribution in [2.45, 2.75) is 37.1 Å². The van der Waals surface area contributed by atoms with Crippen LogP contribution in [0, 0.1) is 0 Å². The topological polar surface area (TPSA) is 58.6 Å². The van der Waals surface area contributed by atoms with Crippen molar-refractivity contribution in [3.8, 4) is 5.75 Å². The van der Waals surface area contributed by atoms with Crippen molar-refractivity contribution < 1.29 is 13.2 Å². The normalized spacial score (nSPS) is 16.8. The molecule has 1 N–H and O–H groups in total. The SMILES string of the molecule is CCCN1CCC(NS(=O)(=O)c2cc(Br)ccc2OC)CC1.Cl. The maximum atomic E-state index is 12.6. The number of hydrogen-bond donors (Lipinski definition) is 1. The van der Waals surface area contributed by atoms with Gasteiger partial charge in [-0.3, -0.25) is 0 Å². The molecule has 0 aromatic heterocycles. The van der Waals surface area contributed by atoms with Gasteiger partial charge in [0.25, 0.3) is 0 Å². The van der Waals surface area contributed by atoms with E-state index in [2.05, 4.69) is 32.5 Å². The van der Waals surface area contributed by atoms with E-state index < -0.39 is 10.0 Å². The third kappa shape index (κ3) is 5.60. The van der Waals surface area contributed by atoms with E-state index in [9.17, 15) is 8.42 Å². The second kappa shape index (κ2) is 9.22. The monoisotopic (exact) mass is 426 g/mol. The van der Waals surface area contributed by atoms with Gasteiger partial charge in [0.05, 0.1) is 7.11 Å². The minimum Gasteiger partial charge on any atom is -0.495 e. The molecule has 23 heavy (non-hydrogen) atoms. The van der Waals surface area contributed by atoms with Gasteiger partial charge in [-0.15, -0.1) is 12.4 Å². The third-order valence-electron chi connectivity index (χ3n) is 3.86. The smallest absolute Gasteiger partial charge is 0.244 e. The quantitative estimate of drug-likeness (QED) is 0.758. The van der Waals surface area contributed by atoms with Crippen LogP contribution in [0.1, 0.15) is 26.2 Å². The lowest BCUT2D eigenvalue weighted by Gasteiger charge is -2.32. The lowest BCUT2D eigenvalue weighted by Crippen LogP contribution is -2.44. The number of likely N-dealkylation sites (tertiary alicyclic amines) is 1. The Morgan fingerprint density at radius 1 is 1.35 bits per heavy atom. The number of methoxy groups -OCH3 is 1. The molecule has 0 saturated carbocycles. The Morgan fingerprint density at radius 2 is 2.00 bits per heavy atom. The molecule has 2 rings (SSSR count). The second-order valence-electron chi connectivity index (χ2n) is 5.53. The Hall–Kier alpha value is -0.340. The fourth-order valence-corrected chi connectivity index (χ4v) is 4.75. The summed E-state index contributed by atoms with van der Waals surface area (Å²) in [4.78, 5) is 2.56. The molecule has 0 aliphatic carbocycles. The predicted molar refractivity (Wildman–Crippen MR) is 98.0 cm³/mol. The highest BCUT2D eigenvalue weighted by molar-refractivity contribution is 9.10. The van der Waals surface area contributed by atoms with Crippen LogP contribution in [0.5, 0.6) is 5.75 Å². The van der Waals surface area contributed by atoms with E-state index >= 15 is 0 Å². The average Bonchev–Trinajstić information content (AvgIpc) is 2.49. The van der Waals surface area contributed by atoms with Gasteiger partial charge in [-0.1, -0.05) is 22.9 Å². The fraction of sp³-hybridized carbons (Fsp3) is 0.600. The van der Waals surface area contributed by atoms with Crippen LogP contribution < -0.4 is 9.46 Å². The summed E-state index contributed by atoms with van der Waals surface area (Å²) in [5.74, 6) is 0.360. The minimum absolute atomic E-state index is 0. The molecule has 0 radical (unpaired) electrons. The molecule has 0 unspecified atom stereocenters. The Bertz CT molecular complexity index is 605. The minimum atomic E-state index is -3.58. The highest BCUT2D eigenvalue weighted by Crippen LogP contribution is 2.27. The van der Waals surface area contributed by atoms with Crippen LogP contribution >= 0.6 is 28.3 Å². The van der Waals surface area contributed by atoms with Crippen LogP contribution in [0.4, 0.5) is 0 Å². The van der Waals surface area contributed by atoms with E-state index in [4.69, 9.17) is 4.74 Å². The zero-order valence-electron chi connectivity index (χ0n) is 13.4. The van der Waals surface area contributed by atoms with Crippen molar-refractivity contribution in [2.24, 2.45) is 0 Å². The van der Waals surface area contributed by atoms with E-state index in [1.54, 1.807) is 18.2 Å². The van der Waals surface area contributed by atoms with Crippen LogP contribution in [0.3, 0.4) is 0 Å². The molecule has 0 spiro atoms. The van der Waals surface area contributed by atoms with Crippen molar-refractivity contribution in [3.63, 3.8) is 0 Å². The van der Waals surface area contributed by atoms with Crippen LogP contribution in [-0.4, -0.2) is 46.1 Å². The molecule has 132 valence electrons. The lowest BCUT2D eigenvalue weighted by atomic mass is 10.1. The first-order valence-corrected chi connectivity index (χ1v) is 9.82. The summed E-state index contributed by atoms with van der Waals surface area (Å²) in [6.45, 7) is 5.13. The first-order valence-electron chi connectivity index (χ1n) is 7.54. The van der Waals surface area contributed by atoms with E-state index in [-0.39, 0.29) is 23.3 Å². The van der Waals surface area contributed by atoms with Gasteiger partial charge in [-0.25, -0.2) is 13.1 Å². The fourth-order valence-electron chi connectivity index (χ4n) is 2.73. The van der Waals surface area contributed by atoms with Gasteiger partial charge < -0.3 is 9.64 Å². The van der Waals surface area contributed by atoms with Crippen LogP contribution in [0.15, 0.2) is 27.6 Å². The number of piperidine rings is 1. The summed E-state index contributed by atoms with van der Waals surface area (Å²) >= 11 is 3.31. The number of nitrogens with one attached hydrogen (secondary N) is 1. The van der Waals surface area contributed by atoms with Gasteiger partial charge in [0.15, 0.2) is 0 Å². The Labute approximate surface area is 153 Å². The average molecular weight is 428 g/mol. The standard InChI is InChI=1S/C15H23BrN2O3S.ClH/c1-3-8-18-9-6-13(7-10-18)17-22(19,20)15-11-12(16)4-5-14(15)21-2;/h4-5,11,13,17H,3,6-10H2,1-2H3;1H. The van der Waals surface area contributed by atoms with Gasteiger partial charge in [-0.05, 0) is 57.1 Å². The molecule has 0 amide bonds. The molecule has 1 aromatic rings. The Morgan fingerprint density at radius 3 is 2.57 bits per heavy atom. The summed E-state index contributed by atoms with van der Waals surface area (Å²) in [5, 5.41) is 0. The van der Waals surface area contributed by atoms with Gasteiger partial charge in [0.2, 0.25) is 10.0 Å². The molecule has 1 aromatic carbocycles. The molecule has 1 fully saturated rings. The first-order chi connectivity index (χ1) is 10.5. The number of rotatable bonds is 6. The molecule has 1 heterocycles. The molecule has 8 heteroatoms. The molecule has 1 saturated heterocycles. The maximum absolute atomic E-state index is 12.6. The Kier molecular flexibility index (Phi) is 8.30. The van der Waals surface area contributed by atoms with Crippen LogP contribution in [-0.2, 0) is 10.0 Å². The number of halogens is 2. The van der Waals surface area contributed by atoms with Crippen molar-refractivity contribution in [1.29, 1.82) is 0 Å². The van der Waals surface area contributed by atoms with Gasteiger partial charge >= 0.3 is 0 Å². The van der Waals surface area contributed by atoms with Crippen molar-refractivity contribution in [2.75, 3.05) is 26.7 Å². The Balaban J connectivity index is 0.00000264. The van der Waals surface area contributed by atoms with E-state index in [1.807, 2.05) is 0 Å². The molecule has 5 nitrogen and oxygen atoms in total. The highest BCUT2D eigenvalue weighted by Gasteiger charge is 2.26. The molecular formula is C15H24BrClN2O3S. The number of hydrogen-bond acceptors (Lipinski definition) is 4. The van der Waals surface area contributed by atoms with Gasteiger partial charge in [0, 0.05) is 10.5 Å². The first kappa shape index (κ1) is 20.7. The summed E-state index contributed by atoms with van der Waals surface area (Å²) in [5.41, 5.74) is 0. The largest absolute Gasteiger partial charge is 0.495 e. The maximum Gasteiger partial charge on any atom is 0.244 e.